The van der Waals surface area contributed by atoms with E-state index in [1.54, 1.807) is 6.08 Å². The number of rotatable bonds is 24. The summed E-state index contributed by atoms with van der Waals surface area (Å²) in [6, 6.07) is -0.662. The van der Waals surface area contributed by atoms with Crippen LogP contribution < -0.4 is 5.32 Å². The standard InChI is InChI=1S/C29H55NO3/c1-3-5-7-9-11-13-14-15-16-17-18-20-22-24-28(32)27(26-31)30-29(33)25-23-21-19-12-10-8-6-4-2/h22-25,27-28,31-32H,3-21,26H2,1-2H3,(H,30,33). The molecule has 4 heteroatoms. The molecule has 194 valence electrons. The van der Waals surface area contributed by atoms with E-state index in [2.05, 4.69) is 19.2 Å². The number of nitrogens with one attached hydrogen (secondary N) is 1. The van der Waals surface area contributed by atoms with Gasteiger partial charge in [0.25, 0.3) is 0 Å². The maximum Gasteiger partial charge on any atom is 0.244 e. The fraction of sp³-hybridized carbons (Fsp3) is 0.828. The Balaban J connectivity index is 3.78. The highest BCUT2D eigenvalue weighted by Crippen LogP contribution is 2.12. The quantitative estimate of drug-likeness (QED) is 0.0790. The van der Waals surface area contributed by atoms with Gasteiger partial charge in [-0.15, -0.1) is 0 Å². The Morgan fingerprint density at radius 1 is 0.697 bits per heavy atom. The van der Waals surface area contributed by atoms with Gasteiger partial charge < -0.3 is 15.5 Å². The summed E-state index contributed by atoms with van der Waals surface area (Å²) in [5.74, 6) is -0.252. The number of carbonyl (C=O) groups is 1. The maximum absolute atomic E-state index is 12.0. The molecule has 0 radical (unpaired) electrons. The van der Waals surface area contributed by atoms with Gasteiger partial charge >= 0.3 is 0 Å². The van der Waals surface area contributed by atoms with Crippen molar-refractivity contribution in [1.29, 1.82) is 0 Å². The molecule has 0 saturated heterocycles. The Hall–Kier alpha value is -1.13. The lowest BCUT2D eigenvalue weighted by Gasteiger charge is -2.18. The van der Waals surface area contributed by atoms with E-state index in [0.29, 0.717) is 0 Å². The van der Waals surface area contributed by atoms with Crippen LogP contribution in [0.25, 0.3) is 0 Å². The van der Waals surface area contributed by atoms with E-state index < -0.39 is 12.1 Å². The van der Waals surface area contributed by atoms with Crippen molar-refractivity contribution in [2.24, 2.45) is 0 Å². The number of aliphatic hydroxyl groups is 2. The first kappa shape index (κ1) is 31.9. The summed E-state index contributed by atoms with van der Waals surface area (Å²) in [6.45, 7) is 4.20. The topological polar surface area (TPSA) is 69.6 Å². The van der Waals surface area contributed by atoms with Crippen LogP contribution >= 0.6 is 0 Å². The van der Waals surface area contributed by atoms with Crippen molar-refractivity contribution in [2.45, 2.75) is 148 Å². The van der Waals surface area contributed by atoms with Crippen molar-refractivity contribution in [3.63, 3.8) is 0 Å². The molecule has 0 aromatic rings. The van der Waals surface area contributed by atoms with Gasteiger partial charge in [0, 0.05) is 0 Å². The molecule has 0 aromatic heterocycles. The molecule has 4 nitrogen and oxygen atoms in total. The van der Waals surface area contributed by atoms with E-state index in [1.807, 2.05) is 12.2 Å². The van der Waals surface area contributed by atoms with Gasteiger partial charge in [-0.25, -0.2) is 0 Å². The Morgan fingerprint density at radius 3 is 1.58 bits per heavy atom. The van der Waals surface area contributed by atoms with Crippen molar-refractivity contribution in [3.05, 3.63) is 24.3 Å². The van der Waals surface area contributed by atoms with Gasteiger partial charge in [-0.1, -0.05) is 128 Å². The van der Waals surface area contributed by atoms with Gasteiger partial charge in [-0.3, -0.25) is 4.79 Å². The largest absolute Gasteiger partial charge is 0.394 e. The molecule has 0 saturated carbocycles. The van der Waals surface area contributed by atoms with Crippen molar-refractivity contribution in [2.75, 3.05) is 6.61 Å². The minimum atomic E-state index is -0.862. The molecule has 3 N–H and O–H groups in total. The lowest BCUT2D eigenvalue weighted by atomic mass is 10.0. The Kier molecular flexibility index (Phi) is 24.6. The van der Waals surface area contributed by atoms with Gasteiger partial charge in [0.1, 0.15) is 0 Å². The van der Waals surface area contributed by atoms with Gasteiger partial charge in [0.15, 0.2) is 0 Å². The van der Waals surface area contributed by atoms with E-state index in [1.165, 1.54) is 102 Å². The number of hydrogen-bond donors (Lipinski definition) is 3. The second-order valence-electron chi connectivity index (χ2n) is 9.50. The fourth-order valence-corrected chi connectivity index (χ4v) is 4.00. The van der Waals surface area contributed by atoms with E-state index in [9.17, 15) is 15.0 Å². The summed E-state index contributed by atoms with van der Waals surface area (Å²) in [5.41, 5.74) is 0. The molecule has 2 atom stereocenters. The number of amides is 1. The first-order valence-electron chi connectivity index (χ1n) is 14.1. The molecule has 0 fully saturated rings. The van der Waals surface area contributed by atoms with E-state index >= 15 is 0 Å². The molecule has 33 heavy (non-hydrogen) atoms. The third-order valence-corrected chi connectivity index (χ3v) is 6.24. The number of aliphatic hydroxyl groups excluding tert-OH is 2. The first-order valence-corrected chi connectivity index (χ1v) is 14.1. The molecule has 0 heterocycles. The molecular formula is C29H55NO3. The van der Waals surface area contributed by atoms with Crippen LogP contribution in [-0.2, 0) is 4.79 Å². The van der Waals surface area contributed by atoms with Gasteiger partial charge in [0.2, 0.25) is 5.91 Å². The monoisotopic (exact) mass is 465 g/mol. The zero-order chi connectivity index (χ0) is 24.4. The molecule has 0 aromatic carbocycles. The fourth-order valence-electron chi connectivity index (χ4n) is 4.00. The average Bonchev–Trinajstić information content (AvgIpc) is 2.82. The van der Waals surface area contributed by atoms with E-state index in [0.717, 1.165) is 25.7 Å². The number of unbranched alkanes of at least 4 members (excludes halogenated alkanes) is 17. The van der Waals surface area contributed by atoms with Gasteiger partial charge in [-0.05, 0) is 31.8 Å². The van der Waals surface area contributed by atoms with Gasteiger partial charge in [-0.2, -0.15) is 0 Å². The van der Waals surface area contributed by atoms with E-state index in [-0.39, 0.29) is 12.5 Å². The van der Waals surface area contributed by atoms with E-state index in [4.69, 9.17) is 0 Å². The normalized spacial score (nSPS) is 13.7. The molecule has 1 amide bonds. The van der Waals surface area contributed by atoms with Gasteiger partial charge in [0.05, 0.1) is 18.8 Å². The third kappa shape index (κ3) is 22.4. The highest BCUT2D eigenvalue weighted by atomic mass is 16.3. The highest BCUT2D eigenvalue weighted by Gasteiger charge is 2.16. The molecule has 0 spiro atoms. The molecule has 0 aliphatic carbocycles. The third-order valence-electron chi connectivity index (χ3n) is 6.24. The Morgan fingerprint density at radius 2 is 1.12 bits per heavy atom. The summed E-state index contributed by atoms with van der Waals surface area (Å²) in [4.78, 5) is 12.0. The summed E-state index contributed by atoms with van der Waals surface area (Å²) < 4.78 is 0. The summed E-state index contributed by atoms with van der Waals surface area (Å²) in [6.07, 6.45) is 30.0. The van der Waals surface area contributed by atoms with Crippen LogP contribution in [0.3, 0.4) is 0 Å². The number of allylic oxidation sites excluding steroid dienone is 2. The lowest BCUT2D eigenvalue weighted by molar-refractivity contribution is -0.118. The predicted octanol–water partition coefficient (Wildman–Crippen LogP) is 7.39. The second kappa shape index (κ2) is 25.5. The van der Waals surface area contributed by atoms with Crippen molar-refractivity contribution < 1.29 is 15.0 Å². The van der Waals surface area contributed by atoms with Crippen LogP contribution in [0.4, 0.5) is 0 Å². The second-order valence-corrected chi connectivity index (χ2v) is 9.50. The maximum atomic E-state index is 12.0. The van der Waals surface area contributed by atoms with Crippen LogP contribution in [-0.4, -0.2) is 34.9 Å². The van der Waals surface area contributed by atoms with Crippen LogP contribution in [0.15, 0.2) is 24.3 Å². The van der Waals surface area contributed by atoms with Crippen LogP contribution in [0, 0.1) is 0 Å². The zero-order valence-corrected chi connectivity index (χ0v) is 21.9. The minimum absolute atomic E-state index is 0.252. The summed E-state index contributed by atoms with van der Waals surface area (Å²) >= 11 is 0. The van der Waals surface area contributed by atoms with Crippen molar-refractivity contribution >= 4 is 5.91 Å². The molecule has 0 aliphatic rings. The number of hydrogen-bond acceptors (Lipinski definition) is 3. The molecular weight excluding hydrogens is 410 g/mol. The zero-order valence-electron chi connectivity index (χ0n) is 21.9. The van der Waals surface area contributed by atoms with Crippen LogP contribution in [0.5, 0.6) is 0 Å². The summed E-state index contributed by atoms with van der Waals surface area (Å²) in [7, 11) is 0. The van der Waals surface area contributed by atoms with Crippen molar-refractivity contribution in [1.82, 2.24) is 5.32 Å². The Labute approximate surface area is 205 Å². The predicted molar refractivity (Wildman–Crippen MR) is 142 cm³/mol. The minimum Gasteiger partial charge on any atom is -0.394 e. The molecule has 0 rings (SSSR count). The highest BCUT2D eigenvalue weighted by molar-refractivity contribution is 5.87. The molecule has 0 aliphatic heterocycles. The smallest absolute Gasteiger partial charge is 0.244 e. The molecule has 2 unspecified atom stereocenters. The summed E-state index contributed by atoms with van der Waals surface area (Å²) in [5, 5.41) is 22.5. The van der Waals surface area contributed by atoms with Crippen LogP contribution in [0.1, 0.15) is 136 Å². The number of carbonyl (C=O) groups excluding carboxylic acids is 1. The van der Waals surface area contributed by atoms with Crippen LogP contribution in [0.2, 0.25) is 0 Å². The Bertz CT molecular complexity index is 475. The SMILES string of the molecule is CCCCCCCCC=CC(=O)NC(CO)C(O)C=CCCCCCCCCCCCCC. The lowest BCUT2D eigenvalue weighted by Crippen LogP contribution is -2.44. The van der Waals surface area contributed by atoms with Crippen molar-refractivity contribution in [3.8, 4) is 0 Å². The molecule has 0 bridgehead atoms. The first-order chi connectivity index (χ1) is 16.2. The average molecular weight is 466 g/mol.